The van der Waals surface area contributed by atoms with E-state index >= 15 is 0 Å². The molecule has 0 saturated carbocycles. The molecule has 0 radical (unpaired) electrons. The van der Waals surface area contributed by atoms with Crippen LogP contribution in [0.1, 0.15) is 32.6 Å². The van der Waals surface area contributed by atoms with E-state index in [2.05, 4.69) is 10.8 Å². The molecule has 4 nitrogen and oxygen atoms in total. The smallest absolute Gasteiger partial charge is 0.406 e. The van der Waals surface area contributed by atoms with Gasteiger partial charge in [0.05, 0.1) is 11.1 Å². The summed E-state index contributed by atoms with van der Waals surface area (Å²) in [6, 6.07) is 11.1. The Hall–Kier alpha value is -3.01. The standard InChI is InChI=1S/C18H13F3N2O2/c1-11-2-5-13-10-23(17(24)16(13)15(11)8-22)9-12-3-6-14(7-4-12)25-18(19,20)21/h2-7H,9-10H2,1H3. The van der Waals surface area contributed by atoms with Crippen LogP contribution in [0, 0.1) is 18.3 Å². The summed E-state index contributed by atoms with van der Waals surface area (Å²) in [7, 11) is 0. The van der Waals surface area contributed by atoms with Crippen molar-refractivity contribution in [2.75, 3.05) is 0 Å². The Bertz CT molecular complexity index is 868. The molecule has 0 N–H and O–H groups in total. The van der Waals surface area contributed by atoms with Gasteiger partial charge in [-0.3, -0.25) is 4.79 Å². The van der Waals surface area contributed by atoms with Crippen LogP contribution in [0.2, 0.25) is 0 Å². The summed E-state index contributed by atoms with van der Waals surface area (Å²) >= 11 is 0. The van der Waals surface area contributed by atoms with Gasteiger partial charge < -0.3 is 9.64 Å². The molecule has 0 aromatic heterocycles. The minimum atomic E-state index is -4.74. The van der Waals surface area contributed by atoms with Crippen molar-refractivity contribution in [3.8, 4) is 11.8 Å². The summed E-state index contributed by atoms with van der Waals surface area (Å²) in [5, 5.41) is 9.27. The van der Waals surface area contributed by atoms with Crippen molar-refractivity contribution >= 4 is 5.91 Å². The molecule has 2 aromatic rings. The highest BCUT2D eigenvalue weighted by Gasteiger charge is 2.32. The molecule has 0 spiro atoms. The van der Waals surface area contributed by atoms with Gasteiger partial charge >= 0.3 is 6.36 Å². The van der Waals surface area contributed by atoms with Gasteiger partial charge in [-0.2, -0.15) is 5.26 Å². The first-order chi connectivity index (χ1) is 11.8. The zero-order chi connectivity index (χ0) is 18.2. The third-order valence-corrected chi connectivity index (χ3v) is 4.00. The summed E-state index contributed by atoms with van der Waals surface area (Å²) in [4.78, 5) is 14.1. The van der Waals surface area contributed by atoms with E-state index < -0.39 is 6.36 Å². The maximum absolute atomic E-state index is 12.6. The molecule has 0 saturated heterocycles. The Kier molecular flexibility index (Phi) is 4.13. The SMILES string of the molecule is Cc1ccc2c(c1C#N)C(=O)N(Cc1ccc(OC(F)(F)F)cc1)C2. The van der Waals surface area contributed by atoms with Crippen LogP contribution in [0.3, 0.4) is 0 Å². The number of hydrogen-bond acceptors (Lipinski definition) is 3. The number of rotatable bonds is 3. The van der Waals surface area contributed by atoms with Crippen LogP contribution < -0.4 is 4.74 Å². The highest BCUT2D eigenvalue weighted by atomic mass is 19.4. The van der Waals surface area contributed by atoms with Crippen molar-refractivity contribution < 1.29 is 22.7 Å². The number of nitriles is 1. The molecule has 25 heavy (non-hydrogen) atoms. The van der Waals surface area contributed by atoms with Gasteiger partial charge in [0.15, 0.2) is 0 Å². The number of ether oxygens (including phenoxy) is 1. The number of halogens is 3. The molecule has 0 fully saturated rings. The number of fused-ring (bicyclic) bond motifs is 1. The highest BCUT2D eigenvalue weighted by Crippen LogP contribution is 2.29. The fourth-order valence-electron chi connectivity index (χ4n) is 2.85. The predicted molar refractivity (Wildman–Crippen MR) is 82.6 cm³/mol. The molecule has 0 atom stereocenters. The number of carbonyl (C=O) groups excluding carboxylic acids is 1. The largest absolute Gasteiger partial charge is 0.573 e. The van der Waals surface area contributed by atoms with E-state index in [9.17, 15) is 23.2 Å². The van der Waals surface area contributed by atoms with Gasteiger partial charge in [-0.15, -0.1) is 13.2 Å². The monoisotopic (exact) mass is 346 g/mol. The van der Waals surface area contributed by atoms with E-state index in [1.807, 2.05) is 6.07 Å². The zero-order valence-corrected chi connectivity index (χ0v) is 13.2. The van der Waals surface area contributed by atoms with Crippen LogP contribution in [0.25, 0.3) is 0 Å². The van der Waals surface area contributed by atoms with Gasteiger partial charge in [0.25, 0.3) is 5.91 Å². The molecule has 0 unspecified atom stereocenters. The summed E-state index contributed by atoms with van der Waals surface area (Å²) < 4.78 is 40.3. The molecule has 2 aromatic carbocycles. The number of benzene rings is 2. The topological polar surface area (TPSA) is 53.3 Å². The Labute approximate surface area is 142 Å². The van der Waals surface area contributed by atoms with Gasteiger partial charge in [-0.25, -0.2) is 0 Å². The molecule has 0 aliphatic carbocycles. The fraction of sp³-hybridized carbons (Fsp3) is 0.222. The summed E-state index contributed by atoms with van der Waals surface area (Å²) in [6.07, 6.45) is -4.74. The molecule has 7 heteroatoms. The molecular formula is C18H13F3N2O2. The Balaban J connectivity index is 1.77. The molecule has 1 aliphatic heterocycles. The van der Waals surface area contributed by atoms with Gasteiger partial charge in [0.2, 0.25) is 0 Å². The number of alkyl halides is 3. The first-order valence-corrected chi connectivity index (χ1v) is 7.45. The van der Waals surface area contributed by atoms with E-state index in [4.69, 9.17) is 0 Å². The molecule has 1 aliphatic rings. The van der Waals surface area contributed by atoms with E-state index in [1.54, 1.807) is 17.9 Å². The first kappa shape index (κ1) is 16.8. The lowest BCUT2D eigenvalue weighted by atomic mass is 9.99. The van der Waals surface area contributed by atoms with Crippen molar-refractivity contribution in [2.24, 2.45) is 0 Å². The Morgan fingerprint density at radius 1 is 1.20 bits per heavy atom. The third-order valence-electron chi connectivity index (χ3n) is 4.00. The van der Waals surface area contributed by atoms with Gasteiger partial charge in [0.1, 0.15) is 11.8 Å². The molecule has 1 heterocycles. The number of nitrogens with zero attached hydrogens (tertiary/aromatic N) is 2. The van der Waals surface area contributed by atoms with Crippen LogP contribution in [-0.4, -0.2) is 17.2 Å². The van der Waals surface area contributed by atoms with Crippen LogP contribution in [-0.2, 0) is 13.1 Å². The minimum Gasteiger partial charge on any atom is -0.406 e. The van der Waals surface area contributed by atoms with Crippen molar-refractivity contribution in [1.29, 1.82) is 5.26 Å². The van der Waals surface area contributed by atoms with Gasteiger partial charge in [0, 0.05) is 13.1 Å². The maximum Gasteiger partial charge on any atom is 0.573 e. The summed E-state index contributed by atoms with van der Waals surface area (Å²) in [5.41, 5.74) is 2.98. The number of amides is 1. The minimum absolute atomic E-state index is 0.240. The van der Waals surface area contributed by atoms with E-state index in [-0.39, 0.29) is 18.2 Å². The van der Waals surface area contributed by atoms with E-state index in [0.29, 0.717) is 23.2 Å². The van der Waals surface area contributed by atoms with E-state index in [0.717, 1.165) is 11.1 Å². The molecule has 3 rings (SSSR count). The van der Waals surface area contributed by atoms with Crippen LogP contribution in [0.15, 0.2) is 36.4 Å². The first-order valence-electron chi connectivity index (χ1n) is 7.45. The van der Waals surface area contributed by atoms with Crippen molar-refractivity contribution in [3.63, 3.8) is 0 Å². The maximum atomic E-state index is 12.6. The number of carbonyl (C=O) groups is 1. The average Bonchev–Trinajstić information content (AvgIpc) is 2.85. The molecule has 128 valence electrons. The number of aryl methyl sites for hydroxylation is 1. The molecule has 0 bridgehead atoms. The normalized spacial score (nSPS) is 13.6. The van der Waals surface area contributed by atoms with Crippen molar-refractivity contribution in [2.45, 2.75) is 26.4 Å². The summed E-state index contributed by atoms with van der Waals surface area (Å²) in [5.74, 6) is -0.555. The second kappa shape index (κ2) is 6.13. The van der Waals surface area contributed by atoms with Gasteiger partial charge in [-0.1, -0.05) is 24.3 Å². The number of hydrogen-bond donors (Lipinski definition) is 0. The zero-order valence-electron chi connectivity index (χ0n) is 13.2. The highest BCUT2D eigenvalue weighted by molar-refractivity contribution is 6.01. The second-order valence-corrected chi connectivity index (χ2v) is 5.76. The lowest BCUT2D eigenvalue weighted by Crippen LogP contribution is -2.23. The quantitative estimate of drug-likeness (QED) is 0.846. The van der Waals surface area contributed by atoms with Crippen molar-refractivity contribution in [1.82, 2.24) is 4.90 Å². The van der Waals surface area contributed by atoms with Crippen molar-refractivity contribution in [3.05, 3.63) is 64.2 Å². The lowest BCUT2D eigenvalue weighted by molar-refractivity contribution is -0.274. The molecular weight excluding hydrogens is 333 g/mol. The Morgan fingerprint density at radius 2 is 1.88 bits per heavy atom. The molecule has 1 amide bonds. The summed E-state index contributed by atoms with van der Waals surface area (Å²) in [6.45, 7) is 2.38. The van der Waals surface area contributed by atoms with Gasteiger partial charge in [-0.05, 0) is 35.7 Å². The lowest BCUT2D eigenvalue weighted by Gasteiger charge is -2.16. The Morgan fingerprint density at radius 3 is 2.48 bits per heavy atom. The average molecular weight is 346 g/mol. The van der Waals surface area contributed by atoms with Crippen LogP contribution >= 0.6 is 0 Å². The second-order valence-electron chi connectivity index (χ2n) is 5.76. The predicted octanol–water partition coefficient (Wildman–Crippen LogP) is 3.92. The fourth-order valence-corrected chi connectivity index (χ4v) is 2.85. The third kappa shape index (κ3) is 3.43. The van der Waals surface area contributed by atoms with E-state index in [1.165, 1.54) is 24.3 Å². The van der Waals surface area contributed by atoms with Crippen LogP contribution in [0.4, 0.5) is 13.2 Å². The van der Waals surface area contributed by atoms with Crippen LogP contribution in [0.5, 0.6) is 5.75 Å².